The van der Waals surface area contributed by atoms with Crippen LogP contribution in [0.4, 0.5) is 0 Å². The van der Waals surface area contributed by atoms with Crippen molar-refractivity contribution in [2.45, 2.75) is 11.8 Å². The summed E-state index contributed by atoms with van der Waals surface area (Å²) in [6.07, 6.45) is 0. The summed E-state index contributed by atoms with van der Waals surface area (Å²) in [5.41, 5.74) is 0.978. The van der Waals surface area contributed by atoms with Gasteiger partial charge in [-0.3, -0.25) is 4.18 Å². The highest BCUT2D eigenvalue weighted by molar-refractivity contribution is 7.86. The average Bonchev–Trinajstić information content (AvgIpc) is 2.92. The zero-order valence-corrected chi connectivity index (χ0v) is 25.2. The van der Waals surface area contributed by atoms with Crippen molar-refractivity contribution >= 4 is 10.1 Å². The molecule has 40 heavy (non-hydrogen) atoms. The van der Waals surface area contributed by atoms with E-state index in [1.807, 2.05) is 21.0 Å². The second-order valence-corrected chi connectivity index (χ2v) is 10.4. The fraction of sp³-hybridized carbons (Fsp3) is 0.778. The summed E-state index contributed by atoms with van der Waals surface area (Å²) in [6.45, 7) is 10.4. The molecule has 0 unspecified atom stereocenters. The van der Waals surface area contributed by atoms with Crippen LogP contribution < -0.4 is 0 Å². The lowest BCUT2D eigenvalue weighted by atomic mass is 10.2. The first kappa shape index (κ1) is 36.8. The van der Waals surface area contributed by atoms with Crippen molar-refractivity contribution in [3.63, 3.8) is 0 Å². The number of hydrogen-bond acceptors (Lipinski definition) is 12. The Kier molecular flexibility index (Phi) is 23.4. The van der Waals surface area contributed by atoms with E-state index >= 15 is 0 Å². The summed E-state index contributed by atoms with van der Waals surface area (Å²) in [5.74, 6) is 0. The Bertz CT molecular complexity index is 794. The summed E-state index contributed by atoms with van der Waals surface area (Å²) in [7, 11) is 0.261. The minimum atomic E-state index is -3.76. The van der Waals surface area contributed by atoms with Crippen LogP contribution in [-0.2, 0) is 52.2 Å². The van der Waals surface area contributed by atoms with Gasteiger partial charge in [-0.05, 0) is 33.2 Å². The minimum Gasteiger partial charge on any atom is -0.378 e. The van der Waals surface area contributed by atoms with Gasteiger partial charge in [-0.25, -0.2) is 0 Å². The van der Waals surface area contributed by atoms with E-state index in [0.717, 1.165) is 12.1 Å². The second-order valence-electron chi connectivity index (χ2n) is 8.79. The first-order valence-electron chi connectivity index (χ1n) is 13.6. The summed E-state index contributed by atoms with van der Waals surface area (Å²) in [6, 6.07) is 6.49. The normalized spacial score (nSPS) is 12.0. The van der Waals surface area contributed by atoms with E-state index in [1.54, 1.807) is 12.1 Å². The Morgan fingerprint density at radius 3 is 1.12 bits per heavy atom. The quantitative estimate of drug-likeness (QED) is 0.0983. The molecular formula is C27H49NO11S. The van der Waals surface area contributed by atoms with Gasteiger partial charge in [0.2, 0.25) is 0 Å². The van der Waals surface area contributed by atoms with Crippen LogP contribution >= 0.6 is 0 Å². The SMILES string of the molecule is Cc1ccc(S(=O)(=O)OCCOCCOCCOCCOCCOCCOCCOCCOCCN(C)C)cc1. The van der Waals surface area contributed by atoms with Crippen molar-refractivity contribution in [1.29, 1.82) is 0 Å². The zero-order chi connectivity index (χ0) is 29.2. The first-order chi connectivity index (χ1) is 19.4. The fourth-order valence-corrected chi connectivity index (χ4v) is 3.76. The number of nitrogens with zero attached hydrogens (tertiary/aromatic N) is 1. The maximum absolute atomic E-state index is 12.0. The number of likely N-dealkylation sites (N-methyl/N-ethyl adjacent to an activating group) is 1. The molecule has 1 rings (SSSR count). The summed E-state index contributed by atoms with van der Waals surface area (Å²) in [5, 5.41) is 0. The lowest BCUT2D eigenvalue weighted by Gasteiger charge is -2.10. The molecule has 0 aliphatic rings. The first-order valence-corrected chi connectivity index (χ1v) is 15.1. The summed E-state index contributed by atoms with van der Waals surface area (Å²) < 4.78 is 72.4. The number of ether oxygens (including phenoxy) is 8. The molecule has 0 radical (unpaired) electrons. The third-order valence-electron chi connectivity index (χ3n) is 5.06. The monoisotopic (exact) mass is 595 g/mol. The largest absolute Gasteiger partial charge is 0.378 e. The molecule has 13 heteroatoms. The molecule has 1 aromatic rings. The fourth-order valence-electron chi connectivity index (χ4n) is 2.86. The van der Waals surface area contributed by atoms with Gasteiger partial charge in [-0.2, -0.15) is 8.42 Å². The predicted octanol–water partition coefficient (Wildman–Crippen LogP) is 1.39. The van der Waals surface area contributed by atoms with Crippen LogP contribution in [0.1, 0.15) is 5.56 Å². The average molecular weight is 596 g/mol. The predicted molar refractivity (Wildman–Crippen MR) is 149 cm³/mol. The van der Waals surface area contributed by atoms with Crippen molar-refractivity contribution in [2.24, 2.45) is 0 Å². The Morgan fingerprint density at radius 1 is 0.500 bits per heavy atom. The van der Waals surface area contributed by atoms with Crippen LogP contribution in [-0.4, -0.2) is 146 Å². The summed E-state index contributed by atoms with van der Waals surface area (Å²) >= 11 is 0. The number of hydrogen-bond donors (Lipinski definition) is 0. The Labute approximate surface area is 240 Å². The highest BCUT2D eigenvalue weighted by Gasteiger charge is 2.14. The molecule has 0 atom stereocenters. The molecule has 0 amide bonds. The van der Waals surface area contributed by atoms with Gasteiger partial charge >= 0.3 is 0 Å². The highest BCUT2D eigenvalue weighted by atomic mass is 32.2. The number of aryl methyl sites for hydroxylation is 1. The van der Waals surface area contributed by atoms with E-state index in [4.69, 9.17) is 42.1 Å². The molecule has 0 aliphatic heterocycles. The number of benzene rings is 1. The van der Waals surface area contributed by atoms with Crippen molar-refractivity contribution in [3.05, 3.63) is 29.8 Å². The Morgan fingerprint density at radius 2 is 0.800 bits per heavy atom. The molecule has 0 fully saturated rings. The van der Waals surface area contributed by atoms with Gasteiger partial charge < -0.3 is 42.8 Å². The second kappa shape index (κ2) is 25.5. The molecular weight excluding hydrogens is 546 g/mol. The smallest absolute Gasteiger partial charge is 0.297 e. The van der Waals surface area contributed by atoms with Crippen LogP contribution in [0.5, 0.6) is 0 Å². The third-order valence-corrected chi connectivity index (χ3v) is 6.39. The standard InChI is InChI=1S/C27H49NO11S/c1-26-4-6-27(7-5-26)40(29,30)39-25-24-38-23-22-37-21-20-36-19-18-35-17-16-34-15-14-33-13-12-32-11-10-31-9-8-28(2)3/h4-7H,8-25H2,1-3H3. The maximum Gasteiger partial charge on any atom is 0.297 e. The van der Waals surface area contributed by atoms with Gasteiger partial charge in [0.25, 0.3) is 10.1 Å². The van der Waals surface area contributed by atoms with Crippen LogP contribution in [0.3, 0.4) is 0 Å². The van der Waals surface area contributed by atoms with Crippen molar-refractivity contribution in [2.75, 3.05) is 133 Å². The molecule has 1 aromatic carbocycles. The molecule has 0 saturated carbocycles. The van der Waals surface area contributed by atoms with Gasteiger partial charge in [0.15, 0.2) is 0 Å². The molecule has 0 aliphatic carbocycles. The van der Waals surface area contributed by atoms with Crippen molar-refractivity contribution in [1.82, 2.24) is 4.90 Å². The summed E-state index contributed by atoms with van der Waals surface area (Å²) in [4.78, 5) is 2.21. The number of rotatable bonds is 29. The van der Waals surface area contributed by atoms with E-state index in [2.05, 4.69) is 4.90 Å². The van der Waals surface area contributed by atoms with Crippen molar-refractivity contribution in [3.8, 4) is 0 Å². The van der Waals surface area contributed by atoms with E-state index in [0.29, 0.717) is 99.1 Å². The van der Waals surface area contributed by atoms with Gasteiger partial charge in [0.1, 0.15) is 0 Å². The molecule has 0 N–H and O–H groups in total. The molecule has 12 nitrogen and oxygen atoms in total. The molecule has 0 spiro atoms. The molecule has 0 aromatic heterocycles. The van der Waals surface area contributed by atoms with E-state index in [9.17, 15) is 8.42 Å². The molecule has 0 saturated heterocycles. The Hall–Kier alpha value is -1.23. The zero-order valence-electron chi connectivity index (χ0n) is 24.4. The van der Waals surface area contributed by atoms with Gasteiger partial charge in [0.05, 0.1) is 117 Å². The topological polar surface area (TPSA) is 120 Å². The van der Waals surface area contributed by atoms with E-state index in [-0.39, 0.29) is 18.1 Å². The van der Waals surface area contributed by atoms with E-state index in [1.165, 1.54) is 12.1 Å². The lowest BCUT2D eigenvalue weighted by Crippen LogP contribution is -2.19. The van der Waals surface area contributed by atoms with Gasteiger partial charge in [-0.15, -0.1) is 0 Å². The van der Waals surface area contributed by atoms with Crippen LogP contribution in [0.25, 0.3) is 0 Å². The third kappa shape index (κ3) is 22.5. The van der Waals surface area contributed by atoms with Crippen molar-refractivity contribution < 1.29 is 50.5 Å². The molecule has 234 valence electrons. The lowest BCUT2D eigenvalue weighted by molar-refractivity contribution is -0.0237. The van der Waals surface area contributed by atoms with Crippen LogP contribution in [0.2, 0.25) is 0 Å². The minimum absolute atomic E-state index is 0.0535. The highest BCUT2D eigenvalue weighted by Crippen LogP contribution is 2.12. The van der Waals surface area contributed by atoms with Crippen LogP contribution in [0, 0.1) is 6.92 Å². The van der Waals surface area contributed by atoms with Gasteiger partial charge in [0, 0.05) is 6.54 Å². The van der Waals surface area contributed by atoms with Crippen LogP contribution in [0.15, 0.2) is 29.2 Å². The van der Waals surface area contributed by atoms with E-state index < -0.39 is 10.1 Å². The molecule has 0 bridgehead atoms. The maximum atomic E-state index is 12.0. The van der Waals surface area contributed by atoms with Gasteiger partial charge in [-0.1, -0.05) is 17.7 Å². The molecule has 0 heterocycles. The Balaban J connectivity index is 1.72.